The van der Waals surface area contributed by atoms with Gasteiger partial charge in [0.25, 0.3) is 11.8 Å². The molecule has 1 saturated heterocycles. The Kier molecular flexibility index (Phi) is 5.63. The summed E-state index contributed by atoms with van der Waals surface area (Å²) < 4.78 is 20.9. The molecule has 3 heterocycles. The lowest BCUT2D eigenvalue weighted by Crippen LogP contribution is -2.50. The van der Waals surface area contributed by atoms with Crippen LogP contribution in [0.1, 0.15) is 43.8 Å². The van der Waals surface area contributed by atoms with Gasteiger partial charge in [-0.2, -0.15) is 0 Å². The van der Waals surface area contributed by atoms with E-state index in [4.69, 9.17) is 4.74 Å². The first-order chi connectivity index (χ1) is 16.0. The van der Waals surface area contributed by atoms with E-state index >= 15 is 0 Å². The minimum absolute atomic E-state index is 0.135. The smallest absolute Gasteiger partial charge is 0.276 e. The Morgan fingerprint density at radius 3 is 2.24 bits per heavy atom. The number of piperazine rings is 1. The fourth-order valence-corrected chi connectivity index (χ4v) is 4.20. The van der Waals surface area contributed by atoms with Gasteiger partial charge in [-0.15, -0.1) is 5.10 Å². The number of carbonyl (C=O) groups excluding carboxylic acids is 2. The molecule has 0 spiro atoms. The van der Waals surface area contributed by atoms with Gasteiger partial charge in [0.15, 0.2) is 5.69 Å². The Labute approximate surface area is 190 Å². The molecule has 170 valence electrons. The van der Waals surface area contributed by atoms with E-state index in [0.717, 1.165) is 5.56 Å². The van der Waals surface area contributed by atoms with E-state index in [-0.39, 0.29) is 30.3 Å². The van der Waals surface area contributed by atoms with E-state index in [0.29, 0.717) is 49.7 Å². The molecular weight excluding hydrogens is 425 g/mol. The number of aromatic nitrogens is 3. The van der Waals surface area contributed by atoms with Gasteiger partial charge < -0.3 is 14.5 Å². The van der Waals surface area contributed by atoms with Gasteiger partial charge in [0, 0.05) is 31.7 Å². The number of carbonyl (C=O) groups is 2. The predicted octanol–water partition coefficient (Wildman–Crippen LogP) is 2.60. The lowest BCUT2D eigenvalue weighted by atomic mass is 10.1. The standard InChI is InChI=1S/C24H24FN5O3/c1-16-2-4-17(5-3-16)21-14-30-20(15-33-21)22(26-27-30)24(32)29-12-10-28(11-13-29)23(31)18-6-8-19(25)9-7-18/h2-9,21H,10-15H2,1H3. The molecule has 0 bridgehead atoms. The van der Waals surface area contributed by atoms with Crippen molar-refractivity contribution in [1.29, 1.82) is 0 Å². The molecule has 1 atom stereocenters. The van der Waals surface area contributed by atoms with Crippen LogP contribution in [0.5, 0.6) is 0 Å². The van der Waals surface area contributed by atoms with Crippen molar-refractivity contribution >= 4 is 11.8 Å². The van der Waals surface area contributed by atoms with Crippen molar-refractivity contribution in [2.24, 2.45) is 0 Å². The van der Waals surface area contributed by atoms with Crippen molar-refractivity contribution < 1.29 is 18.7 Å². The maximum absolute atomic E-state index is 13.1. The SMILES string of the molecule is Cc1ccc(C2Cn3nnc(C(=O)N4CCN(C(=O)c5ccc(F)cc5)CC4)c3CO2)cc1. The van der Waals surface area contributed by atoms with Crippen LogP contribution >= 0.6 is 0 Å². The second kappa shape index (κ2) is 8.74. The van der Waals surface area contributed by atoms with Crippen molar-refractivity contribution in [1.82, 2.24) is 24.8 Å². The molecule has 1 unspecified atom stereocenters. The molecule has 1 fully saturated rings. The summed E-state index contributed by atoms with van der Waals surface area (Å²) in [7, 11) is 0. The lowest BCUT2D eigenvalue weighted by molar-refractivity contribution is -0.00203. The molecule has 0 aliphatic carbocycles. The van der Waals surface area contributed by atoms with Gasteiger partial charge in [-0.05, 0) is 36.8 Å². The zero-order valence-corrected chi connectivity index (χ0v) is 18.3. The third-order valence-corrected chi connectivity index (χ3v) is 6.19. The van der Waals surface area contributed by atoms with Crippen LogP contribution in [0, 0.1) is 12.7 Å². The highest BCUT2D eigenvalue weighted by Crippen LogP contribution is 2.27. The van der Waals surface area contributed by atoms with Crippen LogP contribution in [-0.4, -0.2) is 62.8 Å². The predicted molar refractivity (Wildman–Crippen MR) is 117 cm³/mol. The Balaban J connectivity index is 1.22. The number of aryl methyl sites for hydroxylation is 1. The van der Waals surface area contributed by atoms with E-state index in [1.807, 2.05) is 31.2 Å². The number of nitrogens with zero attached hydrogens (tertiary/aromatic N) is 5. The lowest BCUT2D eigenvalue weighted by Gasteiger charge is -2.34. The molecule has 2 aliphatic heterocycles. The largest absolute Gasteiger partial charge is 0.365 e. The number of benzene rings is 2. The first-order valence-corrected chi connectivity index (χ1v) is 10.9. The monoisotopic (exact) mass is 449 g/mol. The minimum Gasteiger partial charge on any atom is -0.365 e. The molecule has 3 aromatic rings. The molecule has 33 heavy (non-hydrogen) atoms. The van der Waals surface area contributed by atoms with Crippen molar-refractivity contribution in [2.75, 3.05) is 26.2 Å². The summed E-state index contributed by atoms with van der Waals surface area (Å²) in [5.74, 6) is -0.755. The number of ether oxygens (including phenoxy) is 1. The van der Waals surface area contributed by atoms with Crippen LogP contribution in [-0.2, 0) is 17.9 Å². The highest BCUT2D eigenvalue weighted by Gasteiger charge is 2.32. The number of hydrogen-bond donors (Lipinski definition) is 0. The summed E-state index contributed by atoms with van der Waals surface area (Å²) in [5, 5.41) is 8.35. The van der Waals surface area contributed by atoms with Gasteiger partial charge >= 0.3 is 0 Å². The highest BCUT2D eigenvalue weighted by molar-refractivity contribution is 5.95. The maximum atomic E-state index is 13.1. The van der Waals surface area contributed by atoms with Crippen molar-refractivity contribution in [3.8, 4) is 0 Å². The van der Waals surface area contributed by atoms with Crippen LogP contribution < -0.4 is 0 Å². The van der Waals surface area contributed by atoms with Crippen LogP contribution in [0.4, 0.5) is 4.39 Å². The summed E-state index contributed by atoms with van der Waals surface area (Å²) in [5.41, 5.74) is 3.66. The Hall–Kier alpha value is -3.59. The topological polar surface area (TPSA) is 80.6 Å². The van der Waals surface area contributed by atoms with Crippen LogP contribution in [0.25, 0.3) is 0 Å². The van der Waals surface area contributed by atoms with E-state index in [1.165, 1.54) is 29.8 Å². The Morgan fingerprint density at radius 1 is 0.939 bits per heavy atom. The van der Waals surface area contributed by atoms with Gasteiger partial charge in [-0.25, -0.2) is 9.07 Å². The molecule has 0 N–H and O–H groups in total. The van der Waals surface area contributed by atoms with E-state index < -0.39 is 0 Å². The summed E-state index contributed by atoms with van der Waals surface area (Å²) in [6, 6.07) is 13.7. The second-order valence-corrected chi connectivity index (χ2v) is 8.37. The number of rotatable bonds is 3. The molecular formula is C24H24FN5O3. The van der Waals surface area contributed by atoms with Gasteiger partial charge in [-0.3, -0.25) is 9.59 Å². The number of amides is 2. The van der Waals surface area contributed by atoms with E-state index in [9.17, 15) is 14.0 Å². The van der Waals surface area contributed by atoms with Crippen LogP contribution in [0.15, 0.2) is 48.5 Å². The maximum Gasteiger partial charge on any atom is 0.276 e. The third-order valence-electron chi connectivity index (χ3n) is 6.19. The molecule has 8 nitrogen and oxygen atoms in total. The van der Waals surface area contributed by atoms with E-state index in [2.05, 4.69) is 10.3 Å². The quantitative estimate of drug-likeness (QED) is 0.614. The average molecular weight is 449 g/mol. The van der Waals surface area contributed by atoms with Crippen LogP contribution in [0.2, 0.25) is 0 Å². The molecule has 2 aromatic carbocycles. The summed E-state index contributed by atoms with van der Waals surface area (Å²) in [6.45, 7) is 4.39. The zero-order valence-electron chi connectivity index (χ0n) is 18.3. The molecule has 0 saturated carbocycles. The fraction of sp³-hybridized carbons (Fsp3) is 0.333. The Bertz CT molecular complexity index is 1170. The molecule has 5 rings (SSSR count). The normalized spacial score (nSPS) is 18.2. The molecule has 0 radical (unpaired) electrons. The summed E-state index contributed by atoms with van der Waals surface area (Å²) in [6.07, 6.45) is -0.135. The molecule has 2 amide bonds. The number of hydrogen-bond acceptors (Lipinski definition) is 5. The van der Waals surface area contributed by atoms with Crippen molar-refractivity contribution in [3.05, 3.63) is 82.4 Å². The number of halogens is 1. The van der Waals surface area contributed by atoms with Gasteiger partial charge in [0.2, 0.25) is 0 Å². The van der Waals surface area contributed by atoms with Gasteiger partial charge in [0.1, 0.15) is 11.9 Å². The van der Waals surface area contributed by atoms with E-state index in [1.54, 1.807) is 14.5 Å². The average Bonchev–Trinajstić information content (AvgIpc) is 3.27. The highest BCUT2D eigenvalue weighted by atomic mass is 19.1. The van der Waals surface area contributed by atoms with Gasteiger partial charge in [0.05, 0.1) is 18.8 Å². The fourth-order valence-electron chi connectivity index (χ4n) is 4.20. The number of fused-ring (bicyclic) bond motifs is 1. The molecule has 1 aromatic heterocycles. The second-order valence-electron chi connectivity index (χ2n) is 8.37. The molecule has 9 heteroatoms. The van der Waals surface area contributed by atoms with Crippen molar-refractivity contribution in [2.45, 2.75) is 26.2 Å². The minimum atomic E-state index is -0.381. The molecule has 2 aliphatic rings. The zero-order chi connectivity index (χ0) is 22.9. The van der Waals surface area contributed by atoms with Gasteiger partial charge in [-0.1, -0.05) is 35.0 Å². The summed E-state index contributed by atoms with van der Waals surface area (Å²) >= 11 is 0. The van der Waals surface area contributed by atoms with Crippen molar-refractivity contribution in [3.63, 3.8) is 0 Å². The first-order valence-electron chi connectivity index (χ1n) is 10.9. The summed E-state index contributed by atoms with van der Waals surface area (Å²) in [4.78, 5) is 29.1. The first kappa shape index (κ1) is 21.3. The van der Waals surface area contributed by atoms with Crippen LogP contribution in [0.3, 0.4) is 0 Å². The third kappa shape index (κ3) is 4.23. The Morgan fingerprint density at radius 2 is 1.58 bits per heavy atom.